The molecule has 0 rings (SSSR count). The summed E-state index contributed by atoms with van der Waals surface area (Å²) in [7, 11) is 0. The number of hydrogen-bond acceptors (Lipinski definition) is 3. The highest BCUT2D eigenvalue weighted by Gasteiger charge is 2.17. The number of amides is 1. The van der Waals surface area contributed by atoms with Crippen molar-refractivity contribution in [3.05, 3.63) is 12.2 Å². The lowest BCUT2D eigenvalue weighted by molar-refractivity contribution is -0.142. The first-order valence-electron chi connectivity index (χ1n) is 13.4. The molecule has 0 heterocycles. The van der Waals surface area contributed by atoms with Crippen LogP contribution < -0.4 is 5.32 Å². The normalized spacial score (nSPS) is 12.3. The summed E-state index contributed by atoms with van der Waals surface area (Å²) in [6.45, 7) is 1.70. The Morgan fingerprint density at radius 3 is 1.50 bits per heavy atom. The summed E-state index contributed by atoms with van der Waals surface area (Å²) in [6.07, 6.45) is 29.2. The van der Waals surface area contributed by atoms with Crippen LogP contribution in [0.1, 0.15) is 135 Å². The highest BCUT2D eigenvalue weighted by Crippen LogP contribution is 2.13. The average molecular weight is 454 g/mol. The van der Waals surface area contributed by atoms with Gasteiger partial charge in [0.15, 0.2) is 0 Å². The third-order valence-electron chi connectivity index (χ3n) is 5.98. The molecule has 5 nitrogen and oxygen atoms in total. The van der Waals surface area contributed by atoms with Crippen molar-refractivity contribution in [3.63, 3.8) is 0 Å². The van der Waals surface area contributed by atoms with E-state index in [1.54, 1.807) is 0 Å². The van der Waals surface area contributed by atoms with Crippen LogP contribution in [0, 0.1) is 0 Å². The van der Waals surface area contributed by atoms with E-state index in [0.29, 0.717) is 6.42 Å². The summed E-state index contributed by atoms with van der Waals surface area (Å²) in [4.78, 5) is 22.4. The first-order valence-corrected chi connectivity index (χ1v) is 13.4. The van der Waals surface area contributed by atoms with Crippen molar-refractivity contribution in [3.8, 4) is 0 Å². The standard InChI is InChI=1S/C27H51NO4/c1-2-3-4-5-6-7-8-9-10-11-12-13-14-15-16-17-18-19-20-21-22-23-26(30)28-25(24-29)27(31)32/h9-10,25,29H,2-8,11-24H2,1H3,(H,28,30)(H,31,32)/b10-9+. The average Bonchev–Trinajstić information content (AvgIpc) is 2.78. The highest BCUT2D eigenvalue weighted by atomic mass is 16.4. The highest BCUT2D eigenvalue weighted by molar-refractivity contribution is 5.83. The second kappa shape index (κ2) is 24.3. The molecular weight excluding hydrogens is 402 g/mol. The predicted molar refractivity (Wildman–Crippen MR) is 134 cm³/mol. The van der Waals surface area contributed by atoms with Crippen LogP contribution in [0.3, 0.4) is 0 Å². The Bertz CT molecular complexity index is 465. The molecule has 1 unspecified atom stereocenters. The summed E-state index contributed by atoms with van der Waals surface area (Å²) in [6, 6.07) is -1.19. The molecule has 0 radical (unpaired) electrons. The zero-order valence-corrected chi connectivity index (χ0v) is 20.8. The second-order valence-electron chi connectivity index (χ2n) is 9.10. The largest absolute Gasteiger partial charge is 0.480 e. The lowest BCUT2D eigenvalue weighted by atomic mass is 10.0. The van der Waals surface area contributed by atoms with Gasteiger partial charge in [0.25, 0.3) is 0 Å². The van der Waals surface area contributed by atoms with E-state index in [1.165, 1.54) is 103 Å². The van der Waals surface area contributed by atoms with Gasteiger partial charge in [0.2, 0.25) is 5.91 Å². The minimum absolute atomic E-state index is 0.292. The molecule has 5 heteroatoms. The Hall–Kier alpha value is -1.36. The number of aliphatic hydroxyl groups is 1. The molecule has 1 atom stereocenters. The van der Waals surface area contributed by atoms with Gasteiger partial charge in [-0.15, -0.1) is 0 Å². The summed E-state index contributed by atoms with van der Waals surface area (Å²) in [5.41, 5.74) is 0. The molecule has 188 valence electrons. The number of carboxylic acid groups (broad SMARTS) is 1. The van der Waals surface area contributed by atoms with Crippen LogP contribution in [-0.4, -0.2) is 34.7 Å². The van der Waals surface area contributed by atoms with Crippen molar-refractivity contribution in [1.29, 1.82) is 0 Å². The lowest BCUT2D eigenvalue weighted by Gasteiger charge is -2.11. The smallest absolute Gasteiger partial charge is 0.328 e. The van der Waals surface area contributed by atoms with E-state index >= 15 is 0 Å². The first kappa shape index (κ1) is 30.6. The molecule has 0 aromatic carbocycles. The third kappa shape index (κ3) is 21.9. The molecule has 0 aliphatic rings. The molecule has 3 N–H and O–H groups in total. The van der Waals surface area contributed by atoms with Crippen molar-refractivity contribution >= 4 is 11.9 Å². The van der Waals surface area contributed by atoms with Crippen molar-refractivity contribution in [1.82, 2.24) is 5.32 Å². The van der Waals surface area contributed by atoms with Crippen LogP contribution in [0.2, 0.25) is 0 Å². The number of carboxylic acids is 1. The number of carbonyl (C=O) groups excluding carboxylic acids is 1. The van der Waals surface area contributed by atoms with Gasteiger partial charge in [0.05, 0.1) is 6.61 Å². The molecule has 32 heavy (non-hydrogen) atoms. The summed E-state index contributed by atoms with van der Waals surface area (Å²) in [5.74, 6) is -1.49. The zero-order chi connectivity index (χ0) is 23.7. The first-order chi connectivity index (χ1) is 15.6. The third-order valence-corrected chi connectivity index (χ3v) is 5.98. The van der Waals surface area contributed by atoms with Crippen LogP contribution in [0.5, 0.6) is 0 Å². The van der Waals surface area contributed by atoms with Crippen LogP contribution >= 0.6 is 0 Å². The maximum absolute atomic E-state index is 11.6. The fraction of sp³-hybridized carbons (Fsp3) is 0.852. The Morgan fingerprint density at radius 1 is 0.688 bits per heavy atom. The summed E-state index contributed by atoms with van der Waals surface area (Å²) < 4.78 is 0. The Kier molecular flexibility index (Phi) is 23.3. The van der Waals surface area contributed by atoms with Gasteiger partial charge in [0, 0.05) is 6.42 Å². The number of allylic oxidation sites excluding steroid dienone is 2. The molecule has 0 aliphatic heterocycles. The maximum Gasteiger partial charge on any atom is 0.328 e. The van der Waals surface area contributed by atoms with Gasteiger partial charge in [-0.25, -0.2) is 4.79 Å². The Labute approximate surface area is 197 Å². The quantitative estimate of drug-likeness (QED) is 0.109. The SMILES string of the molecule is CCCCCCCC/C=C/CCCCCCCCCCCCCC(=O)NC(CO)C(=O)O. The Morgan fingerprint density at radius 2 is 1.09 bits per heavy atom. The van der Waals surface area contributed by atoms with E-state index in [2.05, 4.69) is 24.4 Å². The Balaban J connectivity index is 3.26. The van der Waals surface area contributed by atoms with Crippen molar-refractivity contribution in [2.45, 2.75) is 141 Å². The van der Waals surface area contributed by atoms with Crippen LogP contribution in [0.4, 0.5) is 0 Å². The monoisotopic (exact) mass is 453 g/mol. The molecular formula is C27H51NO4. The molecule has 0 saturated carbocycles. The van der Waals surface area contributed by atoms with Gasteiger partial charge in [-0.1, -0.05) is 109 Å². The molecule has 0 aliphatic carbocycles. The molecule has 0 aromatic heterocycles. The van der Waals surface area contributed by atoms with Gasteiger partial charge < -0.3 is 15.5 Å². The van der Waals surface area contributed by atoms with Gasteiger partial charge in [-0.2, -0.15) is 0 Å². The van der Waals surface area contributed by atoms with Gasteiger partial charge in [0.1, 0.15) is 6.04 Å². The van der Waals surface area contributed by atoms with E-state index in [0.717, 1.165) is 19.3 Å². The van der Waals surface area contributed by atoms with E-state index < -0.39 is 18.6 Å². The number of hydrogen-bond donors (Lipinski definition) is 3. The van der Waals surface area contributed by atoms with Gasteiger partial charge in [-0.05, 0) is 32.1 Å². The van der Waals surface area contributed by atoms with Crippen molar-refractivity contribution in [2.75, 3.05) is 6.61 Å². The molecule has 0 fully saturated rings. The molecule has 1 amide bonds. The van der Waals surface area contributed by atoms with Crippen LogP contribution in [0.15, 0.2) is 12.2 Å². The minimum Gasteiger partial charge on any atom is -0.480 e. The summed E-state index contributed by atoms with van der Waals surface area (Å²) >= 11 is 0. The number of carbonyl (C=O) groups is 2. The van der Waals surface area contributed by atoms with Crippen molar-refractivity contribution in [2.24, 2.45) is 0 Å². The lowest BCUT2D eigenvalue weighted by Crippen LogP contribution is -2.43. The number of rotatable bonds is 24. The fourth-order valence-electron chi connectivity index (χ4n) is 3.87. The molecule has 0 aromatic rings. The minimum atomic E-state index is -1.20. The summed E-state index contributed by atoms with van der Waals surface area (Å²) in [5, 5.41) is 20.0. The van der Waals surface area contributed by atoms with Gasteiger partial charge in [-0.3, -0.25) is 4.79 Å². The maximum atomic E-state index is 11.6. The number of aliphatic carboxylic acids is 1. The van der Waals surface area contributed by atoms with E-state index in [9.17, 15) is 9.59 Å². The van der Waals surface area contributed by atoms with E-state index in [-0.39, 0.29) is 5.91 Å². The van der Waals surface area contributed by atoms with Crippen LogP contribution in [0.25, 0.3) is 0 Å². The second-order valence-corrected chi connectivity index (χ2v) is 9.10. The number of unbranched alkanes of at least 4 members (excludes halogenated alkanes) is 17. The predicted octanol–water partition coefficient (Wildman–Crippen LogP) is 6.93. The zero-order valence-electron chi connectivity index (χ0n) is 20.8. The van der Waals surface area contributed by atoms with Crippen LogP contribution in [-0.2, 0) is 9.59 Å². The fourth-order valence-corrected chi connectivity index (χ4v) is 3.87. The molecule has 0 bridgehead atoms. The van der Waals surface area contributed by atoms with E-state index in [4.69, 9.17) is 10.2 Å². The topological polar surface area (TPSA) is 86.6 Å². The number of aliphatic hydroxyl groups excluding tert-OH is 1. The number of nitrogens with one attached hydrogen (secondary N) is 1. The van der Waals surface area contributed by atoms with Crippen molar-refractivity contribution < 1.29 is 19.8 Å². The molecule has 0 spiro atoms. The van der Waals surface area contributed by atoms with E-state index in [1.807, 2.05) is 0 Å². The molecule has 0 saturated heterocycles. The van der Waals surface area contributed by atoms with Gasteiger partial charge >= 0.3 is 5.97 Å².